The minimum atomic E-state index is -0.442. The molecule has 2 N–H and O–H groups in total. The van der Waals surface area contributed by atoms with Crippen molar-refractivity contribution in [2.75, 3.05) is 0 Å². The van der Waals surface area contributed by atoms with E-state index in [1.54, 1.807) is 0 Å². The zero-order valence-corrected chi connectivity index (χ0v) is 11.5. The number of hydrogen-bond donors (Lipinski definition) is 2. The van der Waals surface area contributed by atoms with E-state index in [2.05, 4.69) is 17.8 Å². The molecule has 0 radical (unpaired) electrons. The van der Waals surface area contributed by atoms with Crippen LogP contribution in [0.25, 0.3) is 0 Å². The molecule has 1 rings (SSSR count). The molecule has 4 heteroatoms. The van der Waals surface area contributed by atoms with Crippen LogP contribution in [0.4, 0.5) is 4.79 Å². The SMILES string of the molecule is CCCC(NNC(=O)OC(C)(C)C)C1CCC1. The van der Waals surface area contributed by atoms with Crippen molar-refractivity contribution >= 4 is 6.09 Å². The molecule has 0 aliphatic heterocycles. The van der Waals surface area contributed by atoms with Gasteiger partial charge in [0.15, 0.2) is 0 Å². The molecule has 1 atom stereocenters. The molecule has 1 saturated carbocycles. The van der Waals surface area contributed by atoms with Gasteiger partial charge in [-0.15, -0.1) is 0 Å². The Hall–Kier alpha value is -0.770. The number of hydrazine groups is 1. The van der Waals surface area contributed by atoms with Crippen LogP contribution < -0.4 is 10.9 Å². The first-order valence-corrected chi connectivity index (χ1v) is 6.67. The average Bonchev–Trinajstić information content (AvgIpc) is 2.08. The van der Waals surface area contributed by atoms with E-state index in [-0.39, 0.29) is 0 Å². The molecule has 17 heavy (non-hydrogen) atoms. The van der Waals surface area contributed by atoms with Crippen LogP contribution in [-0.4, -0.2) is 17.7 Å². The highest BCUT2D eigenvalue weighted by Gasteiger charge is 2.27. The first-order valence-electron chi connectivity index (χ1n) is 6.67. The molecule has 1 fully saturated rings. The fourth-order valence-corrected chi connectivity index (χ4v) is 2.03. The van der Waals surface area contributed by atoms with E-state index < -0.39 is 11.7 Å². The molecule has 0 heterocycles. The molecule has 4 nitrogen and oxygen atoms in total. The van der Waals surface area contributed by atoms with Gasteiger partial charge in [0, 0.05) is 6.04 Å². The molecule has 0 aromatic heterocycles. The standard InChI is InChI=1S/C13H26N2O2/c1-5-7-11(10-8-6-9-10)14-15-12(16)17-13(2,3)4/h10-11,14H,5-9H2,1-4H3,(H,15,16). The van der Waals surface area contributed by atoms with Crippen LogP contribution in [-0.2, 0) is 4.74 Å². The summed E-state index contributed by atoms with van der Waals surface area (Å²) in [6, 6.07) is 0.390. The summed E-state index contributed by atoms with van der Waals surface area (Å²) in [6.45, 7) is 7.76. The number of amides is 1. The lowest BCUT2D eigenvalue weighted by Gasteiger charge is -2.34. The van der Waals surface area contributed by atoms with Crippen LogP contribution in [0.3, 0.4) is 0 Å². The Morgan fingerprint density at radius 3 is 2.47 bits per heavy atom. The van der Waals surface area contributed by atoms with Gasteiger partial charge in [-0.25, -0.2) is 10.2 Å². The highest BCUT2D eigenvalue weighted by molar-refractivity contribution is 5.67. The Labute approximate surface area is 104 Å². The van der Waals surface area contributed by atoms with Crippen LogP contribution in [0.1, 0.15) is 59.8 Å². The Bertz CT molecular complexity index is 244. The summed E-state index contributed by atoms with van der Waals surface area (Å²) in [7, 11) is 0. The lowest BCUT2D eigenvalue weighted by Crippen LogP contribution is -2.50. The largest absolute Gasteiger partial charge is 0.443 e. The summed E-state index contributed by atoms with van der Waals surface area (Å²) in [5, 5.41) is 0. The van der Waals surface area contributed by atoms with Gasteiger partial charge < -0.3 is 4.74 Å². The molecule has 1 aliphatic rings. The Balaban J connectivity index is 2.28. The number of carbonyl (C=O) groups is 1. The molecule has 0 bridgehead atoms. The number of carbonyl (C=O) groups excluding carboxylic acids is 1. The molecule has 0 saturated heterocycles. The monoisotopic (exact) mass is 242 g/mol. The third-order valence-electron chi connectivity index (χ3n) is 3.08. The summed E-state index contributed by atoms with van der Waals surface area (Å²) in [6.07, 6.45) is 5.70. The zero-order valence-electron chi connectivity index (χ0n) is 11.5. The van der Waals surface area contributed by atoms with Crippen molar-refractivity contribution in [1.82, 2.24) is 10.9 Å². The summed E-state index contributed by atoms with van der Waals surface area (Å²) in [5.74, 6) is 0.713. The van der Waals surface area contributed by atoms with Crippen molar-refractivity contribution in [3.05, 3.63) is 0 Å². The number of nitrogens with one attached hydrogen (secondary N) is 2. The minimum absolute atomic E-state index is 0.390. The van der Waals surface area contributed by atoms with Gasteiger partial charge in [0.1, 0.15) is 5.60 Å². The molecule has 1 amide bonds. The van der Waals surface area contributed by atoms with Gasteiger partial charge in [0.2, 0.25) is 0 Å². The number of hydrogen-bond acceptors (Lipinski definition) is 3. The summed E-state index contributed by atoms with van der Waals surface area (Å²) in [5.41, 5.74) is 5.34. The average molecular weight is 242 g/mol. The van der Waals surface area contributed by atoms with E-state index in [0.29, 0.717) is 12.0 Å². The fourth-order valence-electron chi connectivity index (χ4n) is 2.03. The lowest BCUT2D eigenvalue weighted by atomic mass is 9.78. The normalized spacial score (nSPS) is 18.4. The van der Waals surface area contributed by atoms with Crippen molar-refractivity contribution in [3.63, 3.8) is 0 Å². The number of ether oxygens (including phenoxy) is 1. The first kappa shape index (κ1) is 14.3. The maximum absolute atomic E-state index is 11.5. The van der Waals surface area contributed by atoms with E-state index in [0.717, 1.165) is 12.8 Å². The molecule has 0 aromatic carbocycles. The van der Waals surface area contributed by atoms with Crippen molar-refractivity contribution in [2.24, 2.45) is 5.92 Å². The lowest BCUT2D eigenvalue weighted by molar-refractivity contribution is 0.0466. The van der Waals surface area contributed by atoms with Crippen LogP contribution in [0.2, 0.25) is 0 Å². The molecular formula is C13H26N2O2. The Morgan fingerprint density at radius 2 is 2.06 bits per heavy atom. The first-order chi connectivity index (χ1) is 7.92. The number of rotatable bonds is 5. The van der Waals surface area contributed by atoms with Gasteiger partial charge >= 0.3 is 6.09 Å². The predicted octanol–water partition coefficient (Wildman–Crippen LogP) is 2.98. The third kappa shape index (κ3) is 5.39. The van der Waals surface area contributed by atoms with E-state index in [9.17, 15) is 4.79 Å². The highest BCUT2D eigenvalue weighted by Crippen LogP contribution is 2.31. The third-order valence-corrected chi connectivity index (χ3v) is 3.08. The van der Waals surface area contributed by atoms with Crippen molar-refractivity contribution in [1.29, 1.82) is 0 Å². The summed E-state index contributed by atoms with van der Waals surface area (Å²) >= 11 is 0. The second kappa shape index (κ2) is 6.24. The Kier molecular flexibility index (Phi) is 5.25. The van der Waals surface area contributed by atoms with Gasteiger partial charge in [-0.3, -0.25) is 5.43 Å². The molecule has 1 aliphatic carbocycles. The van der Waals surface area contributed by atoms with Gasteiger partial charge in [0.25, 0.3) is 0 Å². The topological polar surface area (TPSA) is 50.4 Å². The second-order valence-electron chi connectivity index (χ2n) is 5.86. The van der Waals surface area contributed by atoms with Gasteiger partial charge in [0.05, 0.1) is 0 Å². The second-order valence-corrected chi connectivity index (χ2v) is 5.86. The van der Waals surface area contributed by atoms with E-state index >= 15 is 0 Å². The van der Waals surface area contributed by atoms with E-state index in [1.807, 2.05) is 20.8 Å². The molecule has 0 spiro atoms. The predicted molar refractivity (Wildman–Crippen MR) is 68.5 cm³/mol. The quantitative estimate of drug-likeness (QED) is 0.729. The van der Waals surface area contributed by atoms with Crippen LogP contribution >= 0.6 is 0 Å². The van der Waals surface area contributed by atoms with Crippen LogP contribution in [0.5, 0.6) is 0 Å². The maximum atomic E-state index is 11.5. The van der Waals surface area contributed by atoms with Crippen molar-refractivity contribution < 1.29 is 9.53 Å². The highest BCUT2D eigenvalue weighted by atomic mass is 16.6. The van der Waals surface area contributed by atoms with Crippen molar-refractivity contribution in [3.8, 4) is 0 Å². The molecular weight excluding hydrogens is 216 g/mol. The van der Waals surface area contributed by atoms with Crippen LogP contribution in [0, 0.1) is 5.92 Å². The van der Waals surface area contributed by atoms with Gasteiger partial charge in [-0.05, 0) is 46.0 Å². The zero-order chi connectivity index (χ0) is 12.9. The summed E-state index contributed by atoms with van der Waals surface area (Å²) in [4.78, 5) is 11.5. The Morgan fingerprint density at radius 1 is 1.41 bits per heavy atom. The minimum Gasteiger partial charge on any atom is -0.443 e. The fraction of sp³-hybridized carbons (Fsp3) is 0.923. The molecule has 1 unspecified atom stereocenters. The van der Waals surface area contributed by atoms with Crippen LogP contribution in [0.15, 0.2) is 0 Å². The smallest absolute Gasteiger partial charge is 0.422 e. The summed E-state index contributed by atoms with van der Waals surface area (Å²) < 4.78 is 5.19. The van der Waals surface area contributed by atoms with Gasteiger partial charge in [-0.2, -0.15) is 0 Å². The van der Waals surface area contributed by atoms with Crippen molar-refractivity contribution in [2.45, 2.75) is 71.4 Å². The van der Waals surface area contributed by atoms with E-state index in [1.165, 1.54) is 19.3 Å². The van der Waals surface area contributed by atoms with E-state index in [4.69, 9.17) is 4.74 Å². The maximum Gasteiger partial charge on any atom is 0.422 e. The molecule has 0 aromatic rings. The molecule has 100 valence electrons. The van der Waals surface area contributed by atoms with Gasteiger partial charge in [-0.1, -0.05) is 19.8 Å².